The predicted octanol–water partition coefficient (Wildman–Crippen LogP) is 1.27. The maximum Gasteiger partial charge on any atom is 0.188 e. The second kappa shape index (κ2) is 4.50. The highest BCUT2D eigenvalue weighted by Gasteiger charge is 1.95. The van der Waals surface area contributed by atoms with Crippen LogP contribution in [0.1, 0.15) is 0 Å². The van der Waals surface area contributed by atoms with Gasteiger partial charge in [0, 0.05) is 24.8 Å². The van der Waals surface area contributed by atoms with Crippen LogP contribution in [0, 0.1) is 5.41 Å². The number of rotatable bonds is 4. The quantitative estimate of drug-likeness (QED) is 0.614. The smallest absolute Gasteiger partial charge is 0.188 e. The van der Waals surface area contributed by atoms with Crippen molar-refractivity contribution in [2.24, 2.45) is 0 Å². The fourth-order valence-electron chi connectivity index (χ4n) is 0.671. The van der Waals surface area contributed by atoms with Gasteiger partial charge >= 0.3 is 0 Å². The van der Waals surface area contributed by atoms with Crippen molar-refractivity contribution in [1.82, 2.24) is 10.3 Å². The van der Waals surface area contributed by atoms with E-state index >= 15 is 0 Å². The number of allylic oxidation sites excluding steroid dienone is 1. The number of thiazole rings is 1. The summed E-state index contributed by atoms with van der Waals surface area (Å²) in [5, 5.41) is 15.5. The van der Waals surface area contributed by atoms with Gasteiger partial charge in [-0.25, -0.2) is 4.98 Å². The van der Waals surface area contributed by atoms with Crippen molar-refractivity contribution in [3.05, 3.63) is 23.5 Å². The molecule has 12 heavy (non-hydrogen) atoms. The summed E-state index contributed by atoms with van der Waals surface area (Å²) in [5.41, 5.74) is 0. The predicted molar refractivity (Wildman–Crippen MR) is 51.7 cm³/mol. The summed E-state index contributed by atoms with van der Waals surface area (Å²) >= 11 is 1.51. The Bertz CT molecular complexity index is 265. The van der Waals surface area contributed by atoms with Crippen LogP contribution in [0.4, 0.5) is 5.13 Å². The largest absolute Gasteiger partial charge is 0.375 e. The third kappa shape index (κ3) is 2.35. The Hall–Kier alpha value is -1.36. The van der Waals surface area contributed by atoms with Gasteiger partial charge in [0.15, 0.2) is 5.13 Å². The molecular formula is C7H10N4S. The molecule has 0 aliphatic carbocycles. The maximum atomic E-state index is 6.87. The van der Waals surface area contributed by atoms with Gasteiger partial charge in [-0.3, -0.25) is 0 Å². The minimum atomic E-state index is 0.764. The Morgan fingerprint density at radius 3 is 3.08 bits per heavy atom. The average molecular weight is 182 g/mol. The van der Waals surface area contributed by atoms with Crippen LogP contribution in [-0.2, 0) is 0 Å². The molecule has 5 heteroatoms. The van der Waals surface area contributed by atoms with E-state index in [0.717, 1.165) is 11.0 Å². The third-order valence-corrected chi connectivity index (χ3v) is 1.88. The molecular weight excluding hydrogens is 172 g/mol. The summed E-state index contributed by atoms with van der Waals surface area (Å²) in [6.45, 7) is 0. The van der Waals surface area contributed by atoms with E-state index in [0.29, 0.717) is 0 Å². The number of nitrogens with one attached hydrogen (secondary N) is 3. The van der Waals surface area contributed by atoms with Crippen LogP contribution in [0.2, 0.25) is 0 Å². The number of nitrogens with zero attached hydrogens (tertiary/aromatic N) is 1. The van der Waals surface area contributed by atoms with E-state index in [4.69, 9.17) is 5.41 Å². The molecule has 0 saturated heterocycles. The van der Waals surface area contributed by atoms with Gasteiger partial charge in [-0.15, -0.1) is 11.3 Å². The van der Waals surface area contributed by atoms with Crippen LogP contribution in [0.3, 0.4) is 0 Å². The SMILES string of the molecule is CN/C(=C\C=N)Nc1nccs1. The second-order valence-electron chi connectivity index (χ2n) is 1.96. The third-order valence-electron chi connectivity index (χ3n) is 1.19. The molecule has 0 aromatic carbocycles. The zero-order chi connectivity index (χ0) is 8.81. The fraction of sp³-hybridized carbons (Fsp3) is 0.143. The molecule has 0 radical (unpaired) electrons. The van der Waals surface area contributed by atoms with Gasteiger partial charge in [-0.2, -0.15) is 0 Å². The molecule has 3 N–H and O–H groups in total. The normalized spacial score (nSPS) is 10.9. The zero-order valence-corrected chi connectivity index (χ0v) is 7.48. The van der Waals surface area contributed by atoms with Crippen molar-refractivity contribution in [2.75, 3.05) is 12.4 Å². The number of aromatic nitrogens is 1. The summed E-state index contributed by atoms with van der Waals surface area (Å²) in [6, 6.07) is 0. The van der Waals surface area contributed by atoms with Crippen LogP contribution in [-0.4, -0.2) is 18.2 Å². The lowest BCUT2D eigenvalue weighted by molar-refractivity contribution is 0.997. The van der Waals surface area contributed by atoms with Crippen molar-refractivity contribution in [2.45, 2.75) is 0 Å². The number of hydrogen-bond donors (Lipinski definition) is 3. The van der Waals surface area contributed by atoms with E-state index in [1.807, 2.05) is 5.38 Å². The van der Waals surface area contributed by atoms with Crippen molar-refractivity contribution >= 4 is 22.7 Å². The standard InChI is InChI=1S/C7H10N4S/c1-9-6(2-3-8)11-7-10-4-5-12-7/h2-5,8-9H,1H3,(H,10,11)/b6-2+,8-3?. The molecule has 0 unspecified atom stereocenters. The Labute approximate surface area is 74.8 Å². The van der Waals surface area contributed by atoms with Gasteiger partial charge in [-0.1, -0.05) is 0 Å². The molecule has 64 valence electrons. The first-order valence-electron chi connectivity index (χ1n) is 3.42. The lowest BCUT2D eigenvalue weighted by atomic mass is 10.6. The topological polar surface area (TPSA) is 60.8 Å². The molecule has 0 spiro atoms. The van der Waals surface area contributed by atoms with E-state index in [9.17, 15) is 0 Å². The van der Waals surface area contributed by atoms with E-state index in [-0.39, 0.29) is 0 Å². The average Bonchev–Trinajstić information content (AvgIpc) is 2.56. The molecule has 0 aliphatic rings. The van der Waals surface area contributed by atoms with Crippen molar-refractivity contribution in [1.29, 1.82) is 5.41 Å². The summed E-state index contributed by atoms with van der Waals surface area (Å²) < 4.78 is 0. The van der Waals surface area contributed by atoms with Crippen LogP contribution >= 0.6 is 11.3 Å². The van der Waals surface area contributed by atoms with Crippen molar-refractivity contribution < 1.29 is 0 Å². The first-order valence-corrected chi connectivity index (χ1v) is 4.30. The van der Waals surface area contributed by atoms with Gasteiger partial charge in [0.2, 0.25) is 0 Å². The summed E-state index contributed by atoms with van der Waals surface area (Å²) in [7, 11) is 1.79. The van der Waals surface area contributed by atoms with E-state index in [2.05, 4.69) is 15.6 Å². The van der Waals surface area contributed by atoms with E-state index in [1.54, 1.807) is 19.3 Å². The minimum Gasteiger partial charge on any atom is -0.375 e. The molecule has 0 saturated carbocycles. The number of hydrogen-bond acceptors (Lipinski definition) is 5. The van der Waals surface area contributed by atoms with Crippen molar-refractivity contribution in [3.8, 4) is 0 Å². The van der Waals surface area contributed by atoms with Crippen LogP contribution in [0.5, 0.6) is 0 Å². The van der Waals surface area contributed by atoms with E-state index in [1.165, 1.54) is 17.6 Å². The zero-order valence-electron chi connectivity index (χ0n) is 6.66. The van der Waals surface area contributed by atoms with Crippen LogP contribution < -0.4 is 10.6 Å². The second-order valence-corrected chi connectivity index (χ2v) is 2.85. The van der Waals surface area contributed by atoms with Gasteiger partial charge in [0.25, 0.3) is 0 Å². The molecule has 1 rings (SSSR count). The fourth-order valence-corrected chi connectivity index (χ4v) is 1.21. The van der Waals surface area contributed by atoms with Gasteiger partial charge < -0.3 is 16.0 Å². The van der Waals surface area contributed by atoms with Crippen LogP contribution in [0.25, 0.3) is 0 Å². The minimum absolute atomic E-state index is 0.764. The van der Waals surface area contributed by atoms with Gasteiger partial charge in [-0.05, 0) is 6.08 Å². The Balaban J connectivity index is 2.60. The summed E-state index contributed by atoms with van der Waals surface area (Å²) in [4.78, 5) is 4.04. The first kappa shape index (κ1) is 8.73. The first-order chi connectivity index (χ1) is 5.86. The Morgan fingerprint density at radius 1 is 1.75 bits per heavy atom. The van der Waals surface area contributed by atoms with Gasteiger partial charge in [0.05, 0.1) is 0 Å². The lowest BCUT2D eigenvalue weighted by Gasteiger charge is -2.05. The van der Waals surface area contributed by atoms with E-state index < -0.39 is 0 Å². The molecule has 0 bridgehead atoms. The Morgan fingerprint density at radius 2 is 2.58 bits per heavy atom. The summed E-state index contributed by atoms with van der Waals surface area (Å²) in [6.07, 6.45) is 4.57. The van der Waals surface area contributed by atoms with Crippen molar-refractivity contribution in [3.63, 3.8) is 0 Å². The highest BCUT2D eigenvalue weighted by Crippen LogP contribution is 2.11. The summed E-state index contributed by atoms with van der Waals surface area (Å²) in [5.74, 6) is 0.764. The highest BCUT2D eigenvalue weighted by molar-refractivity contribution is 7.13. The Kier molecular flexibility index (Phi) is 3.28. The highest BCUT2D eigenvalue weighted by atomic mass is 32.1. The lowest BCUT2D eigenvalue weighted by Crippen LogP contribution is -2.14. The molecule has 1 heterocycles. The molecule has 4 nitrogen and oxygen atoms in total. The molecule has 0 fully saturated rings. The molecule has 1 aromatic rings. The molecule has 0 aliphatic heterocycles. The number of anilines is 1. The molecule has 1 aromatic heterocycles. The monoisotopic (exact) mass is 182 g/mol. The molecule has 0 atom stereocenters. The van der Waals surface area contributed by atoms with Gasteiger partial charge in [0.1, 0.15) is 5.82 Å². The maximum absolute atomic E-state index is 6.87. The van der Waals surface area contributed by atoms with Crippen LogP contribution in [0.15, 0.2) is 23.5 Å². The molecule has 0 amide bonds.